The van der Waals surface area contributed by atoms with Crippen molar-refractivity contribution in [3.63, 3.8) is 0 Å². The van der Waals surface area contributed by atoms with E-state index in [1.54, 1.807) is 41.5 Å². The molecule has 3 N–H and O–H groups in total. The van der Waals surface area contributed by atoms with Crippen LogP contribution in [0.15, 0.2) is 47.1 Å². The zero-order valence-electron chi connectivity index (χ0n) is 13.1. The van der Waals surface area contributed by atoms with E-state index in [1.165, 1.54) is 0 Å². The molecule has 0 saturated carbocycles. The summed E-state index contributed by atoms with van der Waals surface area (Å²) in [7, 11) is 0. The van der Waals surface area contributed by atoms with E-state index in [-0.39, 0.29) is 18.6 Å². The van der Waals surface area contributed by atoms with Crippen LogP contribution in [0.25, 0.3) is 0 Å². The number of carbonyl (C=O) groups excluding carboxylic acids is 2. The number of hydrogen-bond donors (Lipinski definition) is 2. The fraction of sp³-hybridized carbons (Fsp3) is 0.294. The molecule has 2 amide bonds. The summed E-state index contributed by atoms with van der Waals surface area (Å²) in [4.78, 5) is 25.6. The van der Waals surface area contributed by atoms with Gasteiger partial charge in [0.1, 0.15) is 11.9 Å². The average Bonchev–Trinajstić information content (AvgIpc) is 3.14. The molecule has 1 aromatic heterocycles. The Kier molecular flexibility index (Phi) is 4.81. The molecule has 1 aliphatic rings. The number of carbonyl (C=O) groups is 2. The molecule has 1 saturated heterocycles. The molecule has 7 nitrogen and oxygen atoms in total. The number of para-hydroxylation sites is 1. The highest BCUT2D eigenvalue weighted by atomic mass is 16.5. The first kappa shape index (κ1) is 16.1. The molecule has 0 bridgehead atoms. The summed E-state index contributed by atoms with van der Waals surface area (Å²) >= 11 is 0. The number of morpholine rings is 1. The average molecular weight is 329 g/mol. The Morgan fingerprint density at radius 2 is 2.08 bits per heavy atom. The summed E-state index contributed by atoms with van der Waals surface area (Å²) in [5.41, 5.74) is 6.25. The Hall–Kier alpha value is -2.80. The van der Waals surface area contributed by atoms with Gasteiger partial charge in [0.2, 0.25) is 5.91 Å². The number of nitrogens with two attached hydrogens (primary N) is 1. The molecule has 126 valence electrons. The highest BCUT2D eigenvalue weighted by molar-refractivity contribution is 5.99. The minimum Gasteiger partial charge on any atom is -0.467 e. The lowest BCUT2D eigenvalue weighted by Gasteiger charge is -2.32. The zero-order valence-corrected chi connectivity index (χ0v) is 13.1. The van der Waals surface area contributed by atoms with Gasteiger partial charge in [-0.2, -0.15) is 0 Å². The van der Waals surface area contributed by atoms with Crippen molar-refractivity contribution < 1.29 is 18.7 Å². The first-order valence-corrected chi connectivity index (χ1v) is 7.70. The number of amides is 2. The number of nitrogens with one attached hydrogen (secondary N) is 1. The van der Waals surface area contributed by atoms with Gasteiger partial charge in [0, 0.05) is 12.2 Å². The molecular weight excluding hydrogens is 310 g/mol. The molecule has 2 aromatic rings. The molecule has 1 atom stereocenters. The fourth-order valence-corrected chi connectivity index (χ4v) is 2.66. The van der Waals surface area contributed by atoms with Gasteiger partial charge in [-0.05, 0) is 24.3 Å². The van der Waals surface area contributed by atoms with Crippen molar-refractivity contribution >= 4 is 17.5 Å². The minimum absolute atomic E-state index is 0.0749. The summed E-state index contributed by atoms with van der Waals surface area (Å²) < 4.78 is 11.0. The van der Waals surface area contributed by atoms with E-state index in [2.05, 4.69) is 5.32 Å². The molecule has 2 heterocycles. The summed E-state index contributed by atoms with van der Waals surface area (Å²) in [5, 5.41) is 2.98. The van der Waals surface area contributed by atoms with E-state index in [0.717, 1.165) is 0 Å². The Bertz CT molecular complexity index is 714. The lowest BCUT2D eigenvalue weighted by atomic mass is 10.1. The minimum atomic E-state index is -0.533. The SMILES string of the molecule is NC(=O)c1ccccc1NCC(=O)N1CCO[C@@H](c2ccco2)C1. The summed E-state index contributed by atoms with van der Waals surface area (Å²) in [5.74, 6) is 0.100. The van der Waals surface area contributed by atoms with Gasteiger partial charge < -0.3 is 25.1 Å². The predicted molar refractivity (Wildman–Crippen MR) is 87.4 cm³/mol. The third kappa shape index (κ3) is 3.57. The van der Waals surface area contributed by atoms with Crippen LogP contribution in [0.1, 0.15) is 22.2 Å². The van der Waals surface area contributed by atoms with E-state index in [9.17, 15) is 9.59 Å². The van der Waals surface area contributed by atoms with Crippen molar-refractivity contribution in [2.75, 3.05) is 31.6 Å². The molecule has 0 spiro atoms. The van der Waals surface area contributed by atoms with Gasteiger partial charge in [-0.15, -0.1) is 0 Å². The standard InChI is InChI=1S/C17H19N3O4/c18-17(22)12-4-1-2-5-13(12)19-10-16(21)20-7-9-24-15(11-20)14-6-3-8-23-14/h1-6,8,15,19H,7,9-11H2,(H2,18,22)/t15-/m1/s1. The lowest BCUT2D eigenvalue weighted by molar-refractivity contribution is -0.137. The van der Waals surface area contributed by atoms with Crippen molar-refractivity contribution in [1.29, 1.82) is 0 Å². The van der Waals surface area contributed by atoms with Gasteiger partial charge >= 0.3 is 0 Å². The summed E-state index contributed by atoms with van der Waals surface area (Å²) in [6.45, 7) is 1.49. The Labute approximate surface area is 139 Å². The molecule has 1 aromatic carbocycles. The number of rotatable bonds is 5. The van der Waals surface area contributed by atoms with Crippen LogP contribution in [0.2, 0.25) is 0 Å². The van der Waals surface area contributed by atoms with Crippen LogP contribution in [0, 0.1) is 0 Å². The summed E-state index contributed by atoms with van der Waals surface area (Å²) in [6.07, 6.45) is 1.33. The van der Waals surface area contributed by atoms with E-state index >= 15 is 0 Å². The Balaban J connectivity index is 1.60. The quantitative estimate of drug-likeness (QED) is 0.864. The van der Waals surface area contributed by atoms with Crippen LogP contribution in [0.3, 0.4) is 0 Å². The monoisotopic (exact) mass is 329 g/mol. The smallest absolute Gasteiger partial charge is 0.250 e. The molecule has 24 heavy (non-hydrogen) atoms. The number of furan rings is 1. The van der Waals surface area contributed by atoms with Crippen LogP contribution in [0.4, 0.5) is 5.69 Å². The van der Waals surface area contributed by atoms with Gasteiger partial charge in [0.05, 0.1) is 31.5 Å². The number of primary amides is 1. The maximum absolute atomic E-state index is 12.4. The van der Waals surface area contributed by atoms with E-state index in [0.29, 0.717) is 36.7 Å². The molecule has 0 unspecified atom stereocenters. The third-order valence-electron chi connectivity index (χ3n) is 3.90. The summed E-state index contributed by atoms with van der Waals surface area (Å²) in [6, 6.07) is 10.5. The maximum atomic E-state index is 12.4. The number of hydrogen-bond acceptors (Lipinski definition) is 5. The Morgan fingerprint density at radius 1 is 1.25 bits per heavy atom. The van der Waals surface area contributed by atoms with Crippen LogP contribution < -0.4 is 11.1 Å². The van der Waals surface area contributed by atoms with E-state index in [1.807, 2.05) is 6.07 Å². The van der Waals surface area contributed by atoms with Gasteiger partial charge in [-0.3, -0.25) is 9.59 Å². The Morgan fingerprint density at radius 3 is 2.83 bits per heavy atom. The van der Waals surface area contributed by atoms with Gasteiger partial charge in [0.15, 0.2) is 0 Å². The largest absolute Gasteiger partial charge is 0.467 e. The number of anilines is 1. The van der Waals surface area contributed by atoms with Crippen LogP contribution >= 0.6 is 0 Å². The molecular formula is C17H19N3O4. The lowest BCUT2D eigenvalue weighted by Crippen LogP contribution is -2.44. The van der Waals surface area contributed by atoms with Gasteiger partial charge in [0.25, 0.3) is 5.91 Å². The first-order chi connectivity index (χ1) is 11.6. The molecule has 0 aliphatic carbocycles. The number of benzene rings is 1. The topological polar surface area (TPSA) is 97.8 Å². The second kappa shape index (κ2) is 7.18. The second-order valence-electron chi connectivity index (χ2n) is 5.48. The molecule has 1 aliphatic heterocycles. The molecule has 7 heteroatoms. The number of ether oxygens (including phenoxy) is 1. The number of nitrogens with zero attached hydrogens (tertiary/aromatic N) is 1. The van der Waals surface area contributed by atoms with E-state index in [4.69, 9.17) is 14.9 Å². The molecule has 1 fully saturated rings. The van der Waals surface area contributed by atoms with Crippen molar-refractivity contribution in [3.05, 3.63) is 54.0 Å². The fourth-order valence-electron chi connectivity index (χ4n) is 2.66. The normalized spacial score (nSPS) is 17.5. The highest BCUT2D eigenvalue weighted by Crippen LogP contribution is 2.22. The van der Waals surface area contributed by atoms with Gasteiger partial charge in [-0.1, -0.05) is 12.1 Å². The maximum Gasteiger partial charge on any atom is 0.250 e. The van der Waals surface area contributed by atoms with Crippen LogP contribution in [0.5, 0.6) is 0 Å². The van der Waals surface area contributed by atoms with Gasteiger partial charge in [-0.25, -0.2) is 0 Å². The van der Waals surface area contributed by atoms with Crippen molar-refractivity contribution in [2.45, 2.75) is 6.10 Å². The van der Waals surface area contributed by atoms with Crippen molar-refractivity contribution in [2.24, 2.45) is 5.73 Å². The van der Waals surface area contributed by atoms with Crippen molar-refractivity contribution in [3.8, 4) is 0 Å². The first-order valence-electron chi connectivity index (χ1n) is 7.70. The third-order valence-corrected chi connectivity index (χ3v) is 3.90. The van der Waals surface area contributed by atoms with Crippen LogP contribution in [-0.2, 0) is 9.53 Å². The van der Waals surface area contributed by atoms with Crippen molar-refractivity contribution in [1.82, 2.24) is 4.90 Å². The second-order valence-corrected chi connectivity index (χ2v) is 5.48. The molecule has 0 radical (unpaired) electrons. The highest BCUT2D eigenvalue weighted by Gasteiger charge is 2.26. The predicted octanol–water partition coefficient (Wildman–Crippen LogP) is 1.39. The van der Waals surface area contributed by atoms with E-state index < -0.39 is 5.91 Å². The van der Waals surface area contributed by atoms with Crippen LogP contribution in [-0.4, -0.2) is 43.0 Å². The molecule has 3 rings (SSSR count). The zero-order chi connectivity index (χ0) is 16.9.